The molecule has 1 unspecified atom stereocenters. The number of rotatable bonds is 2. The van der Waals surface area contributed by atoms with E-state index >= 15 is 0 Å². The highest BCUT2D eigenvalue weighted by Crippen LogP contribution is 2.02. The predicted octanol–water partition coefficient (Wildman–Crippen LogP) is -0.581. The summed E-state index contributed by atoms with van der Waals surface area (Å²) in [6, 6.07) is 0. The topological polar surface area (TPSA) is 47.4 Å². The number of aldehydes is 1. The van der Waals surface area contributed by atoms with Gasteiger partial charge in [-0.3, -0.25) is 4.68 Å². The van der Waals surface area contributed by atoms with Crippen LogP contribution < -0.4 is 5.01 Å². The first-order valence-corrected chi connectivity index (χ1v) is 4.20. The molecule has 5 nitrogen and oxygen atoms in total. The maximum absolute atomic E-state index is 10.5. The Hall–Kier alpha value is -1.36. The number of carbonyl (C=O) groups is 1. The van der Waals surface area contributed by atoms with Crippen LogP contribution in [0.5, 0.6) is 0 Å². The van der Waals surface area contributed by atoms with Crippen molar-refractivity contribution in [3.63, 3.8) is 0 Å². The fourth-order valence-corrected chi connectivity index (χ4v) is 1.37. The number of ether oxygens (including phenoxy) is 1. The van der Waals surface area contributed by atoms with Crippen LogP contribution in [0.25, 0.3) is 0 Å². The molecule has 1 aliphatic rings. The van der Waals surface area contributed by atoms with E-state index in [2.05, 4.69) is 4.98 Å². The van der Waals surface area contributed by atoms with E-state index in [1.54, 1.807) is 12.5 Å². The van der Waals surface area contributed by atoms with Crippen LogP contribution in [0.1, 0.15) is 0 Å². The molecular formula is C8H11N3O2. The Kier molecular flexibility index (Phi) is 2.27. The van der Waals surface area contributed by atoms with Gasteiger partial charge >= 0.3 is 0 Å². The summed E-state index contributed by atoms with van der Waals surface area (Å²) in [5, 5.41) is 2.02. The lowest BCUT2D eigenvalue weighted by atomic mass is 10.3. The van der Waals surface area contributed by atoms with Gasteiger partial charge in [0.25, 0.3) is 0 Å². The zero-order valence-electron chi connectivity index (χ0n) is 7.17. The number of aromatic nitrogens is 2. The second-order valence-electron chi connectivity index (χ2n) is 2.90. The van der Waals surface area contributed by atoms with Crippen molar-refractivity contribution in [3.05, 3.63) is 18.7 Å². The summed E-state index contributed by atoms with van der Waals surface area (Å²) in [4.78, 5) is 14.4. The van der Waals surface area contributed by atoms with Crippen LogP contribution in [0.3, 0.4) is 0 Å². The molecule has 70 valence electrons. The SMILES string of the molecule is O=CC1CN(n2ccnc2)CCO1. The van der Waals surface area contributed by atoms with Crippen molar-refractivity contribution in [1.82, 2.24) is 9.66 Å². The number of hydrogen-bond acceptors (Lipinski definition) is 4. The molecule has 1 aromatic rings. The van der Waals surface area contributed by atoms with Crippen LogP contribution in [-0.4, -0.2) is 41.7 Å². The van der Waals surface area contributed by atoms with Gasteiger partial charge in [-0.15, -0.1) is 0 Å². The highest BCUT2D eigenvalue weighted by atomic mass is 16.5. The second kappa shape index (κ2) is 3.57. The fraction of sp³-hybridized carbons (Fsp3) is 0.500. The molecule has 0 saturated carbocycles. The normalized spacial score (nSPS) is 23.1. The Morgan fingerprint density at radius 1 is 1.62 bits per heavy atom. The van der Waals surface area contributed by atoms with Crippen molar-refractivity contribution in [3.8, 4) is 0 Å². The van der Waals surface area contributed by atoms with E-state index in [-0.39, 0.29) is 6.10 Å². The van der Waals surface area contributed by atoms with E-state index in [0.29, 0.717) is 13.2 Å². The molecule has 2 heterocycles. The standard InChI is InChI=1S/C8H11N3O2/c12-6-8-5-10(3-4-13-8)11-2-1-9-7-11/h1-2,6-8H,3-5H2. The molecule has 5 heteroatoms. The first-order chi connectivity index (χ1) is 6.40. The van der Waals surface area contributed by atoms with Gasteiger partial charge in [0.2, 0.25) is 0 Å². The molecule has 0 amide bonds. The average molecular weight is 181 g/mol. The summed E-state index contributed by atoms with van der Waals surface area (Å²) in [5.41, 5.74) is 0. The molecule has 13 heavy (non-hydrogen) atoms. The van der Waals surface area contributed by atoms with Crippen LogP contribution in [-0.2, 0) is 9.53 Å². The molecule has 1 saturated heterocycles. The number of morpholine rings is 1. The zero-order chi connectivity index (χ0) is 9.10. The number of imidazole rings is 1. The third kappa shape index (κ3) is 1.70. The van der Waals surface area contributed by atoms with Crippen LogP contribution in [0.2, 0.25) is 0 Å². The Balaban J connectivity index is 2.04. The Morgan fingerprint density at radius 2 is 2.54 bits per heavy atom. The molecule has 1 fully saturated rings. The van der Waals surface area contributed by atoms with E-state index in [1.165, 1.54) is 0 Å². The lowest BCUT2D eigenvalue weighted by Crippen LogP contribution is -2.48. The van der Waals surface area contributed by atoms with Gasteiger partial charge in [-0.1, -0.05) is 0 Å². The van der Waals surface area contributed by atoms with E-state index < -0.39 is 0 Å². The molecule has 0 aromatic carbocycles. The molecule has 1 atom stereocenters. The minimum Gasteiger partial charge on any atom is -0.367 e. The molecule has 0 spiro atoms. The van der Waals surface area contributed by atoms with Crippen molar-refractivity contribution in [2.24, 2.45) is 0 Å². The molecule has 1 aliphatic heterocycles. The monoisotopic (exact) mass is 181 g/mol. The minimum atomic E-state index is -0.309. The van der Waals surface area contributed by atoms with Crippen LogP contribution in [0.4, 0.5) is 0 Å². The molecule has 0 aliphatic carbocycles. The van der Waals surface area contributed by atoms with E-state index in [4.69, 9.17) is 4.74 Å². The van der Waals surface area contributed by atoms with Gasteiger partial charge in [-0.25, -0.2) is 4.98 Å². The first-order valence-electron chi connectivity index (χ1n) is 4.20. The zero-order valence-corrected chi connectivity index (χ0v) is 7.17. The maximum Gasteiger partial charge on any atom is 0.150 e. The largest absolute Gasteiger partial charge is 0.367 e. The van der Waals surface area contributed by atoms with Gasteiger partial charge in [0.05, 0.1) is 19.7 Å². The van der Waals surface area contributed by atoms with Crippen LogP contribution >= 0.6 is 0 Å². The number of carbonyl (C=O) groups excluding carboxylic acids is 1. The Morgan fingerprint density at radius 3 is 3.23 bits per heavy atom. The molecule has 0 bridgehead atoms. The summed E-state index contributed by atoms with van der Waals surface area (Å²) in [5.74, 6) is 0. The summed E-state index contributed by atoms with van der Waals surface area (Å²) < 4.78 is 7.09. The van der Waals surface area contributed by atoms with Crippen molar-refractivity contribution >= 4 is 6.29 Å². The highest BCUT2D eigenvalue weighted by molar-refractivity contribution is 5.57. The first kappa shape index (κ1) is 8.25. The Labute approximate surface area is 75.9 Å². The highest BCUT2D eigenvalue weighted by Gasteiger charge is 2.19. The lowest BCUT2D eigenvalue weighted by molar-refractivity contribution is -0.119. The Bertz CT molecular complexity index is 273. The van der Waals surface area contributed by atoms with Crippen molar-refractivity contribution in [1.29, 1.82) is 0 Å². The molecular weight excluding hydrogens is 170 g/mol. The maximum atomic E-state index is 10.5. The fourth-order valence-electron chi connectivity index (χ4n) is 1.37. The van der Waals surface area contributed by atoms with Crippen molar-refractivity contribution in [2.75, 3.05) is 24.7 Å². The third-order valence-corrected chi connectivity index (χ3v) is 2.04. The number of hydrogen-bond donors (Lipinski definition) is 0. The van der Waals surface area contributed by atoms with Crippen LogP contribution in [0.15, 0.2) is 18.7 Å². The molecule has 2 rings (SSSR count). The second-order valence-corrected chi connectivity index (χ2v) is 2.90. The smallest absolute Gasteiger partial charge is 0.150 e. The third-order valence-electron chi connectivity index (χ3n) is 2.04. The average Bonchev–Trinajstić information content (AvgIpc) is 2.71. The summed E-state index contributed by atoms with van der Waals surface area (Å²) >= 11 is 0. The molecule has 0 N–H and O–H groups in total. The summed E-state index contributed by atoms with van der Waals surface area (Å²) in [7, 11) is 0. The van der Waals surface area contributed by atoms with Gasteiger partial charge in [0.15, 0.2) is 6.29 Å². The van der Waals surface area contributed by atoms with Crippen molar-refractivity contribution in [2.45, 2.75) is 6.10 Å². The minimum absolute atomic E-state index is 0.309. The van der Waals surface area contributed by atoms with Crippen molar-refractivity contribution < 1.29 is 9.53 Å². The number of nitrogens with zero attached hydrogens (tertiary/aromatic N) is 3. The van der Waals surface area contributed by atoms with E-state index in [0.717, 1.165) is 12.8 Å². The molecule has 0 radical (unpaired) electrons. The van der Waals surface area contributed by atoms with E-state index in [9.17, 15) is 4.79 Å². The van der Waals surface area contributed by atoms with Gasteiger partial charge in [-0.05, 0) is 0 Å². The predicted molar refractivity (Wildman–Crippen MR) is 46.0 cm³/mol. The molecule has 1 aromatic heterocycles. The lowest BCUT2D eigenvalue weighted by Gasteiger charge is -2.32. The van der Waals surface area contributed by atoms with Gasteiger partial charge in [0.1, 0.15) is 12.4 Å². The van der Waals surface area contributed by atoms with Gasteiger partial charge in [-0.2, -0.15) is 0 Å². The van der Waals surface area contributed by atoms with Crippen LogP contribution in [0, 0.1) is 0 Å². The summed E-state index contributed by atoms with van der Waals surface area (Å²) in [6.07, 6.45) is 5.81. The van der Waals surface area contributed by atoms with E-state index in [1.807, 2.05) is 15.9 Å². The summed E-state index contributed by atoms with van der Waals surface area (Å²) in [6.45, 7) is 1.97. The van der Waals surface area contributed by atoms with Gasteiger partial charge in [0, 0.05) is 12.4 Å². The van der Waals surface area contributed by atoms with Gasteiger partial charge < -0.3 is 14.5 Å². The quantitative estimate of drug-likeness (QED) is 0.573.